The summed E-state index contributed by atoms with van der Waals surface area (Å²) in [7, 11) is 0. The first-order valence-electron chi connectivity index (χ1n) is 8.00. The summed E-state index contributed by atoms with van der Waals surface area (Å²) in [6.45, 7) is 5.48. The van der Waals surface area contributed by atoms with Gasteiger partial charge in [-0.1, -0.05) is 26.3 Å². The summed E-state index contributed by atoms with van der Waals surface area (Å²) < 4.78 is 0. The molecule has 1 aromatic rings. The van der Waals surface area contributed by atoms with Crippen molar-refractivity contribution in [3.05, 3.63) is 29.6 Å². The summed E-state index contributed by atoms with van der Waals surface area (Å²) in [6, 6.07) is 5.11. The lowest BCUT2D eigenvalue weighted by Gasteiger charge is -2.19. The molecule has 0 bridgehead atoms. The van der Waals surface area contributed by atoms with Crippen LogP contribution in [0.3, 0.4) is 0 Å². The molecule has 1 N–H and O–H groups in total. The highest BCUT2D eigenvalue weighted by Gasteiger charge is 2.55. The van der Waals surface area contributed by atoms with Crippen LogP contribution in [0.5, 0.6) is 0 Å². The van der Waals surface area contributed by atoms with E-state index in [2.05, 4.69) is 36.3 Å². The van der Waals surface area contributed by atoms with Crippen molar-refractivity contribution in [2.45, 2.75) is 52.0 Å². The molecular weight excluding hydrogens is 232 g/mol. The van der Waals surface area contributed by atoms with E-state index in [1.165, 1.54) is 30.5 Å². The number of nitrogens with one attached hydrogen (secondary N) is 1. The van der Waals surface area contributed by atoms with Crippen LogP contribution in [-0.2, 0) is 12.8 Å². The lowest BCUT2D eigenvalue weighted by molar-refractivity contribution is 0.408. The van der Waals surface area contributed by atoms with Crippen LogP contribution in [0.15, 0.2) is 18.3 Å². The molecule has 3 rings (SSSR count). The van der Waals surface area contributed by atoms with Crippen LogP contribution >= 0.6 is 0 Å². The van der Waals surface area contributed by atoms with Crippen LogP contribution in [0.1, 0.15) is 44.4 Å². The van der Waals surface area contributed by atoms with Crippen LogP contribution in [0.2, 0.25) is 0 Å². The Morgan fingerprint density at radius 2 is 2.05 bits per heavy atom. The number of fused-ring (bicyclic) bond motifs is 1. The van der Waals surface area contributed by atoms with Gasteiger partial charge in [0.25, 0.3) is 0 Å². The van der Waals surface area contributed by atoms with Gasteiger partial charge in [0.15, 0.2) is 0 Å². The smallest absolute Gasteiger partial charge is 0.0419 e. The predicted octanol–water partition coefficient (Wildman–Crippen LogP) is 3.21. The van der Waals surface area contributed by atoms with Gasteiger partial charge in [0.1, 0.15) is 0 Å². The van der Waals surface area contributed by atoms with E-state index in [-0.39, 0.29) is 0 Å². The topological polar surface area (TPSA) is 24.9 Å². The molecule has 2 aliphatic rings. The van der Waals surface area contributed by atoms with Crippen molar-refractivity contribution < 1.29 is 0 Å². The van der Waals surface area contributed by atoms with Crippen molar-refractivity contribution in [3.8, 4) is 0 Å². The number of hydrogen-bond acceptors (Lipinski definition) is 2. The van der Waals surface area contributed by atoms with E-state index in [9.17, 15) is 0 Å². The summed E-state index contributed by atoms with van der Waals surface area (Å²) in [6.07, 6.45) is 8.64. The molecule has 0 aliphatic heterocycles. The summed E-state index contributed by atoms with van der Waals surface area (Å²) in [4.78, 5) is 4.64. The van der Waals surface area contributed by atoms with E-state index in [1.54, 1.807) is 0 Å². The lowest BCUT2D eigenvalue weighted by atomic mass is 9.99. The minimum absolute atomic E-state index is 0.653. The number of pyridine rings is 1. The normalized spacial score (nSPS) is 30.1. The molecule has 3 atom stereocenters. The van der Waals surface area contributed by atoms with Crippen molar-refractivity contribution >= 4 is 0 Å². The molecule has 2 fully saturated rings. The zero-order valence-electron chi connectivity index (χ0n) is 12.2. The third-order valence-electron chi connectivity index (χ3n) is 5.13. The molecule has 1 aromatic heterocycles. The first-order valence-corrected chi connectivity index (χ1v) is 8.00. The van der Waals surface area contributed by atoms with E-state index in [0.717, 1.165) is 37.1 Å². The third-order valence-corrected chi connectivity index (χ3v) is 5.13. The maximum atomic E-state index is 4.64. The Balaban J connectivity index is 1.64. The Morgan fingerprint density at radius 3 is 2.63 bits per heavy atom. The van der Waals surface area contributed by atoms with Crippen LogP contribution in [0.25, 0.3) is 0 Å². The Kier molecular flexibility index (Phi) is 3.88. The molecule has 2 saturated carbocycles. The molecule has 1 heterocycles. The standard InChI is InChI=1S/C17H26N2/c1-3-12-8-9-13(19-11-12)10-16(18-4-2)17-14-6-5-7-15(14)17/h8-9,11,14-18H,3-7,10H2,1-2H3. The van der Waals surface area contributed by atoms with Crippen molar-refractivity contribution in [1.82, 2.24) is 10.3 Å². The molecule has 0 aromatic carbocycles. The van der Waals surface area contributed by atoms with Gasteiger partial charge in [0.05, 0.1) is 0 Å². The molecule has 3 unspecified atom stereocenters. The van der Waals surface area contributed by atoms with E-state index < -0.39 is 0 Å². The minimum atomic E-state index is 0.653. The van der Waals surface area contributed by atoms with Crippen molar-refractivity contribution in [2.75, 3.05) is 6.54 Å². The van der Waals surface area contributed by atoms with Gasteiger partial charge < -0.3 is 5.32 Å². The molecule has 0 saturated heterocycles. The largest absolute Gasteiger partial charge is 0.314 e. The average Bonchev–Trinajstić information content (AvgIpc) is 2.91. The summed E-state index contributed by atoms with van der Waals surface area (Å²) in [5.41, 5.74) is 2.60. The van der Waals surface area contributed by atoms with Crippen LogP contribution < -0.4 is 5.32 Å². The zero-order chi connectivity index (χ0) is 13.2. The van der Waals surface area contributed by atoms with Gasteiger partial charge in [-0.15, -0.1) is 0 Å². The Labute approximate surface area is 117 Å². The van der Waals surface area contributed by atoms with E-state index in [1.807, 2.05) is 6.20 Å². The monoisotopic (exact) mass is 258 g/mol. The fraction of sp³-hybridized carbons (Fsp3) is 0.706. The fourth-order valence-corrected chi connectivity index (χ4v) is 4.09. The molecular formula is C17H26N2. The van der Waals surface area contributed by atoms with E-state index >= 15 is 0 Å². The Morgan fingerprint density at radius 1 is 1.26 bits per heavy atom. The molecule has 0 amide bonds. The number of hydrogen-bond donors (Lipinski definition) is 1. The first-order chi connectivity index (χ1) is 9.33. The second-order valence-electron chi connectivity index (χ2n) is 6.22. The second kappa shape index (κ2) is 5.62. The van der Waals surface area contributed by atoms with Gasteiger partial charge in [-0.3, -0.25) is 4.98 Å². The highest BCUT2D eigenvalue weighted by molar-refractivity contribution is 5.16. The number of nitrogens with zero attached hydrogens (tertiary/aromatic N) is 1. The van der Waals surface area contributed by atoms with E-state index in [0.29, 0.717) is 6.04 Å². The van der Waals surface area contributed by atoms with Crippen LogP contribution in [-0.4, -0.2) is 17.6 Å². The number of aryl methyl sites for hydroxylation is 1. The van der Waals surface area contributed by atoms with Gasteiger partial charge in [0, 0.05) is 24.4 Å². The molecule has 0 radical (unpaired) electrons. The maximum Gasteiger partial charge on any atom is 0.0419 e. The third kappa shape index (κ3) is 2.69. The molecule has 104 valence electrons. The maximum absolute atomic E-state index is 4.64. The Hall–Kier alpha value is -0.890. The molecule has 2 heteroatoms. The van der Waals surface area contributed by atoms with Gasteiger partial charge in [-0.25, -0.2) is 0 Å². The van der Waals surface area contributed by atoms with Gasteiger partial charge in [0.2, 0.25) is 0 Å². The Bertz CT molecular complexity index is 402. The SMILES string of the molecule is CCNC(Cc1ccc(CC)cn1)C1C2CCCC21. The number of likely N-dealkylation sites (N-methyl/N-ethyl adjacent to an activating group) is 1. The minimum Gasteiger partial charge on any atom is -0.314 e. The van der Waals surface area contributed by atoms with Gasteiger partial charge in [-0.05, 0) is 55.2 Å². The van der Waals surface area contributed by atoms with Crippen LogP contribution in [0.4, 0.5) is 0 Å². The zero-order valence-corrected chi connectivity index (χ0v) is 12.2. The quantitative estimate of drug-likeness (QED) is 0.847. The number of aromatic nitrogens is 1. The highest BCUT2D eigenvalue weighted by atomic mass is 14.9. The summed E-state index contributed by atoms with van der Waals surface area (Å²) >= 11 is 0. The highest BCUT2D eigenvalue weighted by Crippen LogP contribution is 2.59. The first kappa shape index (κ1) is 13.1. The molecule has 2 aliphatic carbocycles. The van der Waals surface area contributed by atoms with Gasteiger partial charge in [-0.2, -0.15) is 0 Å². The number of rotatable bonds is 6. The lowest BCUT2D eigenvalue weighted by Crippen LogP contribution is -2.34. The van der Waals surface area contributed by atoms with Gasteiger partial charge >= 0.3 is 0 Å². The van der Waals surface area contributed by atoms with Crippen molar-refractivity contribution in [1.29, 1.82) is 0 Å². The predicted molar refractivity (Wildman–Crippen MR) is 79.1 cm³/mol. The van der Waals surface area contributed by atoms with Crippen molar-refractivity contribution in [3.63, 3.8) is 0 Å². The fourth-order valence-electron chi connectivity index (χ4n) is 4.09. The van der Waals surface area contributed by atoms with E-state index in [4.69, 9.17) is 0 Å². The average molecular weight is 258 g/mol. The van der Waals surface area contributed by atoms with Crippen molar-refractivity contribution in [2.24, 2.45) is 17.8 Å². The molecule has 2 nitrogen and oxygen atoms in total. The summed E-state index contributed by atoms with van der Waals surface area (Å²) in [5, 5.41) is 3.71. The molecule has 19 heavy (non-hydrogen) atoms. The second-order valence-corrected chi connectivity index (χ2v) is 6.22. The summed E-state index contributed by atoms with van der Waals surface area (Å²) in [5.74, 6) is 2.99. The molecule has 0 spiro atoms. The van der Waals surface area contributed by atoms with Crippen LogP contribution in [0, 0.1) is 17.8 Å².